The van der Waals surface area contributed by atoms with Gasteiger partial charge in [0.15, 0.2) is 0 Å². The van der Waals surface area contributed by atoms with Crippen LogP contribution >= 0.6 is 0 Å². The largest absolute Gasteiger partial charge is 0.399 e. The summed E-state index contributed by atoms with van der Waals surface area (Å²) in [6, 6.07) is 8.77. The maximum absolute atomic E-state index is 13.1. The van der Waals surface area contributed by atoms with E-state index >= 15 is 0 Å². The van der Waals surface area contributed by atoms with Crippen LogP contribution < -0.4 is 0 Å². The van der Waals surface area contributed by atoms with E-state index in [0.717, 1.165) is 35.5 Å². The highest BCUT2D eigenvalue weighted by molar-refractivity contribution is 6.02. The Bertz CT molecular complexity index is 686. The second-order valence-electron chi connectivity index (χ2n) is 5.69. The van der Waals surface area contributed by atoms with E-state index in [4.69, 9.17) is 4.84 Å². The van der Waals surface area contributed by atoms with Crippen molar-refractivity contribution < 1.29 is 9.23 Å². The minimum Gasteiger partial charge on any atom is -0.399 e. The van der Waals surface area contributed by atoms with Crippen molar-refractivity contribution >= 4 is 5.71 Å². The zero-order valence-electron chi connectivity index (χ0n) is 12.6. The highest BCUT2D eigenvalue weighted by Gasteiger charge is 2.26. The first-order valence-corrected chi connectivity index (χ1v) is 7.17. The molecule has 0 saturated carbocycles. The van der Waals surface area contributed by atoms with E-state index in [0.29, 0.717) is 5.92 Å². The van der Waals surface area contributed by atoms with Crippen LogP contribution in [0.3, 0.4) is 0 Å². The van der Waals surface area contributed by atoms with Gasteiger partial charge in [0.2, 0.25) is 0 Å². The third kappa shape index (κ3) is 2.46. The van der Waals surface area contributed by atoms with E-state index < -0.39 is 0 Å². The Labute approximate surface area is 124 Å². The molecule has 0 aliphatic heterocycles. The first kappa shape index (κ1) is 13.9. The van der Waals surface area contributed by atoms with Gasteiger partial charge in [-0.1, -0.05) is 12.1 Å². The quantitative estimate of drug-likeness (QED) is 0.770. The summed E-state index contributed by atoms with van der Waals surface area (Å²) >= 11 is 0. The minimum atomic E-state index is -0.215. The third-order valence-corrected chi connectivity index (χ3v) is 3.97. The maximum Gasteiger partial charge on any atom is 0.123 e. The number of fused-ring (bicyclic) bond motifs is 1. The molecule has 21 heavy (non-hydrogen) atoms. The second-order valence-corrected chi connectivity index (χ2v) is 5.69. The zero-order valence-corrected chi connectivity index (χ0v) is 12.6. The van der Waals surface area contributed by atoms with Crippen LogP contribution in [0.4, 0.5) is 4.39 Å². The SMILES string of the molecule is CO/N=C1\C[C@H](C)Cc2c1cc(C)n2-c1ccc(F)cc1. The summed E-state index contributed by atoms with van der Waals surface area (Å²) < 4.78 is 15.3. The fourth-order valence-electron chi connectivity index (χ4n) is 3.13. The molecule has 0 bridgehead atoms. The van der Waals surface area contributed by atoms with E-state index in [-0.39, 0.29) is 5.82 Å². The molecule has 1 aromatic heterocycles. The summed E-state index contributed by atoms with van der Waals surface area (Å²) in [6.07, 6.45) is 1.91. The lowest BCUT2D eigenvalue weighted by Crippen LogP contribution is -2.20. The predicted octanol–water partition coefficient (Wildman–Crippen LogP) is 3.86. The molecule has 0 fully saturated rings. The van der Waals surface area contributed by atoms with Crippen LogP contribution in [-0.4, -0.2) is 17.4 Å². The van der Waals surface area contributed by atoms with Crippen LogP contribution in [0.15, 0.2) is 35.5 Å². The summed E-state index contributed by atoms with van der Waals surface area (Å²) in [4.78, 5) is 4.99. The second kappa shape index (κ2) is 5.35. The zero-order chi connectivity index (χ0) is 15.0. The van der Waals surface area contributed by atoms with Crippen molar-refractivity contribution in [2.75, 3.05) is 7.11 Å². The molecule has 0 saturated heterocycles. The Morgan fingerprint density at radius 1 is 1.24 bits per heavy atom. The molecule has 2 aromatic rings. The predicted molar refractivity (Wildman–Crippen MR) is 81.5 cm³/mol. The Balaban J connectivity index is 2.16. The maximum atomic E-state index is 13.1. The lowest BCUT2D eigenvalue weighted by molar-refractivity contribution is 0.212. The molecule has 1 atom stereocenters. The molecule has 1 aliphatic carbocycles. The molecule has 0 amide bonds. The first-order chi connectivity index (χ1) is 10.1. The number of hydrogen-bond donors (Lipinski definition) is 0. The summed E-state index contributed by atoms with van der Waals surface area (Å²) in [7, 11) is 1.58. The highest BCUT2D eigenvalue weighted by atomic mass is 19.1. The van der Waals surface area contributed by atoms with E-state index in [1.54, 1.807) is 7.11 Å². The molecule has 3 nitrogen and oxygen atoms in total. The summed E-state index contributed by atoms with van der Waals surface area (Å²) in [5.41, 5.74) is 5.49. The van der Waals surface area contributed by atoms with E-state index in [2.05, 4.69) is 29.6 Å². The molecule has 1 aromatic carbocycles. The number of oxime groups is 1. The Morgan fingerprint density at radius 3 is 2.62 bits per heavy atom. The Kier molecular flexibility index (Phi) is 3.53. The van der Waals surface area contributed by atoms with Gasteiger partial charge < -0.3 is 9.40 Å². The van der Waals surface area contributed by atoms with Crippen LogP contribution in [0.1, 0.15) is 30.3 Å². The molecular weight excluding hydrogens is 267 g/mol. The lowest BCUT2D eigenvalue weighted by atomic mass is 9.87. The van der Waals surface area contributed by atoms with Gasteiger partial charge in [0.25, 0.3) is 0 Å². The minimum absolute atomic E-state index is 0.215. The highest BCUT2D eigenvalue weighted by Crippen LogP contribution is 2.31. The summed E-state index contributed by atoms with van der Waals surface area (Å²) in [5.74, 6) is 0.298. The van der Waals surface area contributed by atoms with Gasteiger partial charge in [-0.2, -0.15) is 0 Å². The molecule has 0 unspecified atom stereocenters. The number of aryl methyl sites for hydroxylation is 1. The van der Waals surface area contributed by atoms with Crippen LogP contribution in [0.2, 0.25) is 0 Å². The van der Waals surface area contributed by atoms with Gasteiger partial charge >= 0.3 is 0 Å². The van der Waals surface area contributed by atoms with Crippen molar-refractivity contribution in [3.63, 3.8) is 0 Å². The molecule has 1 aliphatic rings. The van der Waals surface area contributed by atoms with Gasteiger partial charge in [-0.05, 0) is 56.0 Å². The van der Waals surface area contributed by atoms with Crippen molar-refractivity contribution in [3.05, 3.63) is 53.1 Å². The molecule has 0 radical (unpaired) electrons. The molecule has 1 heterocycles. The fraction of sp³-hybridized carbons (Fsp3) is 0.353. The van der Waals surface area contributed by atoms with Gasteiger partial charge in [-0.3, -0.25) is 0 Å². The lowest BCUT2D eigenvalue weighted by Gasteiger charge is -2.22. The fourth-order valence-corrected chi connectivity index (χ4v) is 3.13. The van der Waals surface area contributed by atoms with Crippen molar-refractivity contribution in [2.45, 2.75) is 26.7 Å². The molecule has 4 heteroatoms. The van der Waals surface area contributed by atoms with Gasteiger partial charge in [0.05, 0.1) is 5.71 Å². The van der Waals surface area contributed by atoms with Crippen molar-refractivity contribution in [2.24, 2.45) is 11.1 Å². The number of rotatable bonds is 2. The van der Waals surface area contributed by atoms with Crippen molar-refractivity contribution in [1.29, 1.82) is 0 Å². The average Bonchev–Trinajstić information content (AvgIpc) is 2.77. The number of nitrogens with zero attached hydrogens (tertiary/aromatic N) is 2. The number of benzene rings is 1. The van der Waals surface area contributed by atoms with E-state index in [9.17, 15) is 4.39 Å². The van der Waals surface area contributed by atoms with Crippen LogP contribution in [0.5, 0.6) is 0 Å². The number of hydrogen-bond acceptors (Lipinski definition) is 2. The Hall–Kier alpha value is -2.10. The van der Waals surface area contributed by atoms with E-state index in [1.165, 1.54) is 17.8 Å². The number of halogens is 1. The average molecular weight is 286 g/mol. The molecule has 110 valence electrons. The van der Waals surface area contributed by atoms with Crippen LogP contribution in [0, 0.1) is 18.7 Å². The number of aromatic nitrogens is 1. The summed E-state index contributed by atoms with van der Waals surface area (Å²) in [5, 5.41) is 4.18. The molecule has 0 N–H and O–H groups in total. The monoisotopic (exact) mass is 286 g/mol. The molecular formula is C17H19FN2O. The standard InChI is InChI=1S/C17H19FN2O/c1-11-8-16(19-21-3)15-10-12(2)20(17(15)9-11)14-6-4-13(18)5-7-14/h4-7,10-11H,8-9H2,1-3H3/b19-16+/t11-/m0/s1. The van der Waals surface area contributed by atoms with Gasteiger partial charge in [0.1, 0.15) is 12.9 Å². The first-order valence-electron chi connectivity index (χ1n) is 7.17. The van der Waals surface area contributed by atoms with Gasteiger partial charge in [-0.25, -0.2) is 4.39 Å². The topological polar surface area (TPSA) is 26.5 Å². The third-order valence-electron chi connectivity index (χ3n) is 3.97. The van der Waals surface area contributed by atoms with Gasteiger partial charge in [0, 0.05) is 22.6 Å². The van der Waals surface area contributed by atoms with Crippen LogP contribution in [-0.2, 0) is 11.3 Å². The smallest absolute Gasteiger partial charge is 0.123 e. The van der Waals surface area contributed by atoms with Crippen molar-refractivity contribution in [3.8, 4) is 5.69 Å². The van der Waals surface area contributed by atoms with Gasteiger partial charge in [-0.15, -0.1) is 0 Å². The molecule has 3 rings (SSSR count). The Morgan fingerprint density at radius 2 is 1.95 bits per heavy atom. The molecule has 0 spiro atoms. The van der Waals surface area contributed by atoms with Crippen molar-refractivity contribution in [1.82, 2.24) is 4.57 Å². The van der Waals surface area contributed by atoms with E-state index in [1.807, 2.05) is 12.1 Å². The van der Waals surface area contributed by atoms with Crippen LogP contribution in [0.25, 0.3) is 5.69 Å². The normalized spacial score (nSPS) is 19.6. The summed E-state index contributed by atoms with van der Waals surface area (Å²) in [6.45, 7) is 4.28.